The number of hydrogen-bond acceptors (Lipinski definition) is 4. The fraction of sp³-hybridized carbons (Fsp3) is 0.500. The van der Waals surface area contributed by atoms with Crippen molar-refractivity contribution in [2.75, 3.05) is 6.61 Å². The van der Waals surface area contributed by atoms with Crippen LogP contribution in [0.3, 0.4) is 0 Å². The van der Waals surface area contributed by atoms with Crippen LogP contribution in [-0.2, 0) is 27.7 Å². The highest BCUT2D eigenvalue weighted by atomic mass is 32.2. The number of benzene rings is 1. The van der Waals surface area contributed by atoms with E-state index in [9.17, 15) is 13.2 Å². The largest absolute Gasteiger partial charge is 0.480 e. The van der Waals surface area contributed by atoms with Gasteiger partial charge in [0.1, 0.15) is 6.04 Å². The second kappa shape index (κ2) is 6.55. The lowest BCUT2D eigenvalue weighted by Gasteiger charge is -2.18. The molecule has 0 amide bonds. The second-order valence-electron chi connectivity index (χ2n) is 5.16. The average Bonchev–Trinajstić information content (AvgIpc) is 2.46. The smallest absolute Gasteiger partial charge is 0.321 e. The van der Waals surface area contributed by atoms with Gasteiger partial charge in [0.05, 0.1) is 4.90 Å². The lowest BCUT2D eigenvalue weighted by Crippen LogP contribution is -2.41. The predicted octanol–water partition coefficient (Wildman–Crippen LogP) is 0.679. The van der Waals surface area contributed by atoms with E-state index in [4.69, 9.17) is 10.2 Å². The van der Waals surface area contributed by atoms with Crippen LogP contribution in [0.25, 0.3) is 0 Å². The maximum absolute atomic E-state index is 12.3. The lowest BCUT2D eigenvalue weighted by atomic mass is 9.92. The molecule has 1 atom stereocenters. The first kappa shape index (κ1) is 15.9. The third-order valence-corrected chi connectivity index (χ3v) is 5.11. The van der Waals surface area contributed by atoms with E-state index in [2.05, 4.69) is 4.72 Å². The highest BCUT2D eigenvalue weighted by Crippen LogP contribution is 2.24. The normalized spacial score (nSPS) is 16.2. The third-order valence-electron chi connectivity index (χ3n) is 3.64. The molecule has 1 aliphatic rings. The molecule has 0 aliphatic heterocycles. The summed E-state index contributed by atoms with van der Waals surface area (Å²) in [5.74, 6) is -1.30. The molecule has 3 N–H and O–H groups in total. The highest BCUT2D eigenvalue weighted by Gasteiger charge is 2.25. The summed E-state index contributed by atoms with van der Waals surface area (Å²) in [6.07, 6.45) is 3.77. The SMILES string of the molecule is O=C(O)C(CCO)NS(=O)(=O)c1ccc2c(c1)CCCC2. The molecule has 0 bridgehead atoms. The number of rotatable bonds is 6. The molecule has 0 aromatic heterocycles. The van der Waals surface area contributed by atoms with E-state index >= 15 is 0 Å². The number of nitrogens with one attached hydrogen (secondary N) is 1. The predicted molar refractivity (Wildman–Crippen MR) is 76.5 cm³/mol. The Morgan fingerprint density at radius 1 is 1.24 bits per heavy atom. The van der Waals surface area contributed by atoms with Crippen molar-refractivity contribution in [1.82, 2.24) is 4.72 Å². The third kappa shape index (κ3) is 3.81. The van der Waals surface area contributed by atoms with Crippen molar-refractivity contribution in [3.05, 3.63) is 29.3 Å². The van der Waals surface area contributed by atoms with Crippen LogP contribution in [0.1, 0.15) is 30.4 Å². The van der Waals surface area contributed by atoms with Gasteiger partial charge < -0.3 is 10.2 Å². The van der Waals surface area contributed by atoms with Crippen LogP contribution in [0.5, 0.6) is 0 Å². The number of aliphatic hydroxyl groups excluding tert-OH is 1. The van der Waals surface area contributed by atoms with Gasteiger partial charge in [0.25, 0.3) is 0 Å². The van der Waals surface area contributed by atoms with Crippen molar-refractivity contribution in [1.29, 1.82) is 0 Å². The quantitative estimate of drug-likeness (QED) is 0.716. The number of carbonyl (C=O) groups is 1. The Balaban J connectivity index is 2.24. The molecule has 7 heteroatoms. The first-order valence-corrected chi connectivity index (χ1v) is 8.40. The monoisotopic (exact) mass is 313 g/mol. The Labute approximate surface area is 123 Å². The molecule has 1 aromatic carbocycles. The van der Waals surface area contributed by atoms with E-state index in [1.165, 1.54) is 6.07 Å². The van der Waals surface area contributed by atoms with Gasteiger partial charge in [0.2, 0.25) is 10.0 Å². The number of carboxylic acids is 1. The zero-order valence-electron chi connectivity index (χ0n) is 11.6. The molecule has 2 rings (SSSR count). The van der Waals surface area contributed by atoms with Crippen molar-refractivity contribution in [3.8, 4) is 0 Å². The van der Waals surface area contributed by atoms with Crippen LogP contribution in [0, 0.1) is 0 Å². The standard InChI is InChI=1S/C14H19NO5S/c16-8-7-13(14(17)18)15-21(19,20)12-6-5-10-3-1-2-4-11(10)9-12/h5-6,9,13,15-16H,1-4,7-8H2,(H,17,18). The average molecular weight is 313 g/mol. The number of sulfonamides is 1. The van der Waals surface area contributed by atoms with Crippen LogP contribution in [-0.4, -0.2) is 37.2 Å². The number of hydrogen-bond donors (Lipinski definition) is 3. The van der Waals surface area contributed by atoms with Crippen LogP contribution in [0.4, 0.5) is 0 Å². The van der Waals surface area contributed by atoms with E-state index in [0.717, 1.165) is 36.8 Å². The van der Waals surface area contributed by atoms with E-state index < -0.39 is 28.6 Å². The van der Waals surface area contributed by atoms with Crippen molar-refractivity contribution >= 4 is 16.0 Å². The molecule has 0 heterocycles. The Morgan fingerprint density at radius 3 is 2.52 bits per heavy atom. The van der Waals surface area contributed by atoms with Gasteiger partial charge in [-0.05, 0) is 55.4 Å². The minimum absolute atomic E-state index is 0.0762. The topological polar surface area (TPSA) is 104 Å². The Morgan fingerprint density at radius 2 is 1.90 bits per heavy atom. The summed E-state index contributed by atoms with van der Waals surface area (Å²) in [4.78, 5) is 11.1. The minimum atomic E-state index is -3.90. The van der Waals surface area contributed by atoms with Crippen LogP contribution in [0.15, 0.2) is 23.1 Å². The van der Waals surface area contributed by atoms with Crippen molar-refractivity contribution in [2.24, 2.45) is 0 Å². The summed E-state index contributed by atoms with van der Waals surface area (Å²) in [5.41, 5.74) is 2.17. The van der Waals surface area contributed by atoms with Gasteiger partial charge in [-0.1, -0.05) is 6.07 Å². The molecule has 1 aliphatic carbocycles. The molecular weight excluding hydrogens is 294 g/mol. The first-order chi connectivity index (χ1) is 9.94. The summed E-state index contributed by atoms with van der Waals surface area (Å²) in [6, 6.07) is 3.60. The van der Waals surface area contributed by atoms with Gasteiger partial charge in [0, 0.05) is 6.61 Å². The molecule has 0 spiro atoms. The van der Waals surface area contributed by atoms with Crippen LogP contribution < -0.4 is 4.72 Å². The number of aryl methyl sites for hydroxylation is 2. The van der Waals surface area contributed by atoms with Gasteiger partial charge >= 0.3 is 5.97 Å². The first-order valence-electron chi connectivity index (χ1n) is 6.92. The van der Waals surface area contributed by atoms with Gasteiger partial charge in [-0.2, -0.15) is 4.72 Å². The molecule has 1 aromatic rings. The Kier molecular flexibility index (Phi) is 4.97. The molecular formula is C14H19NO5S. The molecule has 21 heavy (non-hydrogen) atoms. The summed E-state index contributed by atoms with van der Waals surface area (Å²) in [7, 11) is -3.90. The molecule has 6 nitrogen and oxygen atoms in total. The summed E-state index contributed by atoms with van der Waals surface area (Å²) in [5, 5.41) is 17.8. The number of aliphatic carboxylic acids is 1. The van der Waals surface area contributed by atoms with Crippen molar-refractivity contribution in [3.63, 3.8) is 0 Å². The molecule has 0 saturated heterocycles. The van der Waals surface area contributed by atoms with Gasteiger partial charge in [-0.25, -0.2) is 8.42 Å². The van der Waals surface area contributed by atoms with E-state index in [0.29, 0.717) is 0 Å². The van der Waals surface area contributed by atoms with Gasteiger partial charge in [0.15, 0.2) is 0 Å². The summed E-state index contributed by atoms with van der Waals surface area (Å²) < 4.78 is 26.6. The Bertz CT molecular complexity index is 626. The number of carboxylic acid groups (broad SMARTS) is 1. The maximum Gasteiger partial charge on any atom is 0.321 e. The number of aliphatic hydroxyl groups is 1. The van der Waals surface area contributed by atoms with E-state index in [1.807, 2.05) is 0 Å². The van der Waals surface area contributed by atoms with Crippen LogP contribution in [0.2, 0.25) is 0 Å². The van der Waals surface area contributed by atoms with E-state index in [1.54, 1.807) is 12.1 Å². The van der Waals surface area contributed by atoms with Gasteiger partial charge in [-0.3, -0.25) is 4.79 Å². The van der Waals surface area contributed by atoms with Crippen molar-refractivity contribution < 1.29 is 23.4 Å². The highest BCUT2D eigenvalue weighted by molar-refractivity contribution is 7.89. The zero-order chi connectivity index (χ0) is 15.5. The zero-order valence-corrected chi connectivity index (χ0v) is 12.4. The van der Waals surface area contributed by atoms with Crippen LogP contribution >= 0.6 is 0 Å². The molecule has 0 radical (unpaired) electrons. The minimum Gasteiger partial charge on any atom is -0.480 e. The summed E-state index contributed by atoms with van der Waals surface area (Å²) in [6.45, 7) is -0.399. The molecule has 116 valence electrons. The summed E-state index contributed by atoms with van der Waals surface area (Å²) >= 11 is 0. The fourth-order valence-corrected chi connectivity index (χ4v) is 3.77. The van der Waals surface area contributed by atoms with E-state index in [-0.39, 0.29) is 11.3 Å². The molecule has 1 unspecified atom stereocenters. The fourth-order valence-electron chi connectivity index (χ4n) is 2.49. The second-order valence-corrected chi connectivity index (χ2v) is 6.88. The lowest BCUT2D eigenvalue weighted by molar-refractivity contribution is -0.139. The maximum atomic E-state index is 12.3. The molecule has 0 saturated carbocycles. The number of fused-ring (bicyclic) bond motifs is 1. The van der Waals surface area contributed by atoms with Crippen molar-refractivity contribution in [2.45, 2.75) is 43.0 Å². The molecule has 0 fully saturated rings. The van der Waals surface area contributed by atoms with Gasteiger partial charge in [-0.15, -0.1) is 0 Å². The Hall–Kier alpha value is -1.44.